The first-order valence-electron chi connectivity index (χ1n) is 5.59. The van der Waals surface area contributed by atoms with Gasteiger partial charge in [-0.2, -0.15) is 5.10 Å². The van der Waals surface area contributed by atoms with Crippen molar-refractivity contribution in [3.05, 3.63) is 23.6 Å². The lowest BCUT2D eigenvalue weighted by Crippen LogP contribution is -2.16. The van der Waals surface area contributed by atoms with Gasteiger partial charge in [0.1, 0.15) is 11.5 Å². The first-order chi connectivity index (χ1) is 8.52. The van der Waals surface area contributed by atoms with Crippen LogP contribution in [0, 0.1) is 0 Å². The molecular formula is C11H15N3O2S2. The maximum Gasteiger partial charge on any atom is 0.151 e. The number of aryl methyl sites for hydroxylation is 1. The highest BCUT2D eigenvalue weighted by Crippen LogP contribution is 2.24. The Balaban J connectivity index is 2.16. The molecule has 18 heavy (non-hydrogen) atoms. The third-order valence-electron chi connectivity index (χ3n) is 2.64. The van der Waals surface area contributed by atoms with E-state index in [0.717, 1.165) is 10.6 Å². The summed E-state index contributed by atoms with van der Waals surface area (Å²) in [6.07, 6.45) is 0. The predicted molar refractivity (Wildman–Crippen MR) is 74.3 cm³/mol. The number of anilines is 1. The molecule has 2 N–H and O–H groups in total. The molecular weight excluding hydrogens is 270 g/mol. The van der Waals surface area contributed by atoms with E-state index in [0.29, 0.717) is 12.4 Å². The van der Waals surface area contributed by atoms with Crippen LogP contribution in [0.2, 0.25) is 0 Å². The number of nitrogens with zero attached hydrogens (tertiary/aromatic N) is 2. The van der Waals surface area contributed by atoms with Gasteiger partial charge in [0.2, 0.25) is 0 Å². The van der Waals surface area contributed by atoms with Crippen molar-refractivity contribution in [3.8, 4) is 10.6 Å². The van der Waals surface area contributed by atoms with Gasteiger partial charge in [0.15, 0.2) is 9.84 Å². The van der Waals surface area contributed by atoms with Crippen LogP contribution in [0.25, 0.3) is 10.6 Å². The molecule has 0 aliphatic heterocycles. The fraction of sp³-hybridized carbons (Fsp3) is 0.364. The van der Waals surface area contributed by atoms with E-state index in [1.807, 2.05) is 17.5 Å². The Bertz CT molecular complexity index is 615. The second-order valence-corrected chi connectivity index (χ2v) is 7.31. The van der Waals surface area contributed by atoms with Crippen molar-refractivity contribution >= 4 is 27.0 Å². The molecule has 0 spiro atoms. The highest BCUT2D eigenvalue weighted by Gasteiger charge is 2.12. The Morgan fingerprint density at radius 3 is 2.89 bits per heavy atom. The highest BCUT2D eigenvalue weighted by molar-refractivity contribution is 7.91. The van der Waals surface area contributed by atoms with E-state index in [4.69, 9.17) is 5.73 Å². The lowest BCUT2D eigenvalue weighted by Gasteiger charge is -2.03. The Kier molecular flexibility index (Phi) is 3.72. The van der Waals surface area contributed by atoms with Crippen molar-refractivity contribution in [2.75, 3.05) is 17.2 Å². The second kappa shape index (κ2) is 5.11. The Morgan fingerprint density at radius 2 is 2.28 bits per heavy atom. The average Bonchev–Trinajstić information content (AvgIpc) is 2.95. The Hall–Kier alpha value is -1.34. The monoisotopic (exact) mass is 285 g/mol. The van der Waals surface area contributed by atoms with Gasteiger partial charge < -0.3 is 5.73 Å². The summed E-state index contributed by atoms with van der Waals surface area (Å²) in [5.74, 6) is 0.704. The smallest absolute Gasteiger partial charge is 0.151 e. The standard InChI is InChI=1S/C11H15N3O2S2/c1-2-18(15,16)7-5-14-11(12)8-9(13-14)10-4-3-6-17-10/h3-4,6,8H,2,5,7,12H2,1H3. The molecule has 7 heteroatoms. The van der Waals surface area contributed by atoms with Gasteiger partial charge >= 0.3 is 0 Å². The fourth-order valence-corrected chi connectivity index (χ4v) is 2.95. The predicted octanol–water partition coefficient (Wildman–Crippen LogP) is 1.63. The summed E-state index contributed by atoms with van der Waals surface area (Å²) in [6.45, 7) is 1.94. The minimum Gasteiger partial charge on any atom is -0.384 e. The summed E-state index contributed by atoms with van der Waals surface area (Å²) >= 11 is 1.58. The maximum absolute atomic E-state index is 11.4. The third kappa shape index (κ3) is 2.91. The van der Waals surface area contributed by atoms with Crippen molar-refractivity contribution in [1.82, 2.24) is 9.78 Å². The van der Waals surface area contributed by atoms with Gasteiger partial charge in [-0.1, -0.05) is 13.0 Å². The fourth-order valence-electron chi connectivity index (χ4n) is 1.52. The first kappa shape index (κ1) is 13.1. The average molecular weight is 285 g/mol. The molecule has 0 amide bonds. The zero-order valence-corrected chi connectivity index (χ0v) is 11.7. The van der Waals surface area contributed by atoms with Gasteiger partial charge in [0.05, 0.1) is 17.2 Å². The van der Waals surface area contributed by atoms with E-state index in [-0.39, 0.29) is 11.5 Å². The SMILES string of the molecule is CCS(=O)(=O)CCn1nc(-c2cccs2)cc1N. The van der Waals surface area contributed by atoms with Gasteiger partial charge in [-0.3, -0.25) is 0 Å². The van der Waals surface area contributed by atoms with E-state index >= 15 is 0 Å². The number of rotatable bonds is 5. The van der Waals surface area contributed by atoms with Crippen molar-refractivity contribution in [1.29, 1.82) is 0 Å². The molecule has 0 fully saturated rings. The summed E-state index contributed by atoms with van der Waals surface area (Å²) in [7, 11) is -2.99. The zero-order chi connectivity index (χ0) is 13.2. The number of thiophene rings is 1. The number of aromatic nitrogens is 2. The summed E-state index contributed by atoms with van der Waals surface area (Å²) in [5, 5.41) is 6.29. The van der Waals surface area contributed by atoms with Crippen molar-refractivity contribution in [2.45, 2.75) is 13.5 Å². The number of hydrogen-bond donors (Lipinski definition) is 1. The summed E-state index contributed by atoms with van der Waals surface area (Å²) < 4.78 is 24.4. The van der Waals surface area contributed by atoms with Crippen LogP contribution in [-0.4, -0.2) is 29.7 Å². The summed E-state index contributed by atoms with van der Waals surface area (Å²) in [6, 6.07) is 5.67. The van der Waals surface area contributed by atoms with Crippen LogP contribution in [0.3, 0.4) is 0 Å². The lowest BCUT2D eigenvalue weighted by molar-refractivity contribution is 0.583. The topological polar surface area (TPSA) is 78.0 Å². The van der Waals surface area contributed by atoms with Gasteiger partial charge in [-0.05, 0) is 11.4 Å². The van der Waals surface area contributed by atoms with E-state index in [2.05, 4.69) is 5.10 Å². The molecule has 5 nitrogen and oxygen atoms in total. The van der Waals surface area contributed by atoms with Crippen molar-refractivity contribution in [3.63, 3.8) is 0 Å². The lowest BCUT2D eigenvalue weighted by atomic mass is 10.3. The number of nitrogens with two attached hydrogens (primary N) is 1. The summed E-state index contributed by atoms with van der Waals surface area (Å²) in [4.78, 5) is 1.03. The quantitative estimate of drug-likeness (QED) is 0.905. The molecule has 0 aromatic carbocycles. The Labute approximate surface area is 110 Å². The molecule has 2 rings (SSSR count). The molecule has 98 valence electrons. The normalized spacial score (nSPS) is 11.8. The maximum atomic E-state index is 11.4. The van der Waals surface area contributed by atoms with Gasteiger partial charge in [-0.15, -0.1) is 11.3 Å². The van der Waals surface area contributed by atoms with E-state index in [9.17, 15) is 8.42 Å². The first-order valence-corrected chi connectivity index (χ1v) is 8.29. The zero-order valence-electron chi connectivity index (χ0n) is 10.0. The molecule has 0 aliphatic carbocycles. The van der Waals surface area contributed by atoms with Gasteiger partial charge in [-0.25, -0.2) is 13.1 Å². The molecule has 0 aliphatic rings. The largest absolute Gasteiger partial charge is 0.384 e. The number of sulfone groups is 1. The molecule has 0 atom stereocenters. The van der Waals surface area contributed by atoms with Crippen LogP contribution in [0.1, 0.15) is 6.92 Å². The molecule has 2 aromatic rings. The molecule has 0 unspecified atom stereocenters. The summed E-state index contributed by atoms with van der Waals surface area (Å²) in [5.41, 5.74) is 6.62. The Morgan fingerprint density at radius 1 is 1.50 bits per heavy atom. The molecule has 0 bridgehead atoms. The molecule has 0 saturated carbocycles. The highest BCUT2D eigenvalue weighted by atomic mass is 32.2. The molecule has 2 heterocycles. The van der Waals surface area contributed by atoms with Crippen molar-refractivity contribution < 1.29 is 8.42 Å². The van der Waals surface area contributed by atoms with E-state index < -0.39 is 9.84 Å². The minimum atomic E-state index is -2.99. The van der Waals surface area contributed by atoms with Crippen LogP contribution in [-0.2, 0) is 16.4 Å². The van der Waals surface area contributed by atoms with Crippen molar-refractivity contribution in [2.24, 2.45) is 0 Å². The molecule has 0 saturated heterocycles. The molecule has 2 aromatic heterocycles. The van der Waals surface area contributed by atoms with Gasteiger partial charge in [0, 0.05) is 11.8 Å². The van der Waals surface area contributed by atoms with Crippen LogP contribution in [0.4, 0.5) is 5.82 Å². The van der Waals surface area contributed by atoms with Crippen LogP contribution >= 0.6 is 11.3 Å². The van der Waals surface area contributed by atoms with E-state index in [1.165, 1.54) is 0 Å². The third-order valence-corrected chi connectivity index (χ3v) is 5.22. The van der Waals surface area contributed by atoms with Crippen LogP contribution in [0.5, 0.6) is 0 Å². The van der Waals surface area contributed by atoms with Crippen LogP contribution < -0.4 is 5.73 Å². The molecule has 0 radical (unpaired) electrons. The van der Waals surface area contributed by atoms with Gasteiger partial charge in [0.25, 0.3) is 0 Å². The van der Waals surface area contributed by atoms with Crippen LogP contribution in [0.15, 0.2) is 23.6 Å². The minimum absolute atomic E-state index is 0.0687. The number of nitrogen functional groups attached to an aromatic ring is 1. The second-order valence-electron chi connectivity index (χ2n) is 3.89. The van der Waals surface area contributed by atoms with E-state index in [1.54, 1.807) is 29.0 Å². The number of hydrogen-bond acceptors (Lipinski definition) is 5.